The number of benzene rings is 2. The van der Waals surface area contributed by atoms with Crippen LogP contribution >= 0.6 is 0 Å². The van der Waals surface area contributed by atoms with Gasteiger partial charge in [0.1, 0.15) is 5.65 Å². The van der Waals surface area contributed by atoms with E-state index in [-0.39, 0.29) is 0 Å². The highest BCUT2D eigenvalue weighted by Crippen LogP contribution is 2.29. The Morgan fingerprint density at radius 2 is 1.90 bits per heavy atom. The molecule has 0 aliphatic rings. The van der Waals surface area contributed by atoms with Crippen LogP contribution in [0.25, 0.3) is 16.9 Å². The van der Waals surface area contributed by atoms with Gasteiger partial charge in [-0.05, 0) is 36.8 Å². The third kappa shape index (κ3) is 3.36. The minimum atomic E-state index is -1.49. The van der Waals surface area contributed by atoms with E-state index in [1.807, 2.05) is 41.1 Å². The summed E-state index contributed by atoms with van der Waals surface area (Å²) in [4.78, 5) is 17.1. The Labute approximate surface area is 169 Å². The lowest BCUT2D eigenvalue weighted by Crippen LogP contribution is -2.16. The summed E-state index contributed by atoms with van der Waals surface area (Å²) >= 11 is 0. The SMILES string of the molecule is COc1c(F)c(F)cc(C(=O)Nc2cc(-c3cn4ccccc4n3)ccc2C)c1F. The Balaban J connectivity index is 1.69. The number of fused-ring (bicyclic) bond motifs is 1. The van der Waals surface area contributed by atoms with E-state index in [1.165, 1.54) is 0 Å². The van der Waals surface area contributed by atoms with Gasteiger partial charge in [-0.1, -0.05) is 18.2 Å². The second-order valence-corrected chi connectivity index (χ2v) is 6.64. The van der Waals surface area contributed by atoms with Crippen molar-refractivity contribution in [1.82, 2.24) is 9.38 Å². The molecule has 0 radical (unpaired) electrons. The summed E-state index contributed by atoms with van der Waals surface area (Å²) in [6.45, 7) is 1.76. The van der Waals surface area contributed by atoms with Gasteiger partial charge in [0.05, 0.1) is 18.4 Å². The van der Waals surface area contributed by atoms with Gasteiger partial charge >= 0.3 is 0 Å². The van der Waals surface area contributed by atoms with E-state index in [9.17, 15) is 18.0 Å². The zero-order valence-electron chi connectivity index (χ0n) is 16.0. The molecular weight excluding hydrogens is 395 g/mol. The van der Waals surface area contributed by atoms with Crippen molar-refractivity contribution in [3.05, 3.63) is 83.4 Å². The Hall–Kier alpha value is -3.81. The monoisotopic (exact) mass is 411 g/mol. The molecule has 0 saturated heterocycles. The number of rotatable bonds is 4. The molecular formula is C22H16F3N3O2. The number of nitrogens with zero attached hydrogens (tertiary/aromatic N) is 2. The average molecular weight is 411 g/mol. The normalized spacial score (nSPS) is 11.0. The van der Waals surface area contributed by atoms with Crippen molar-refractivity contribution in [3.63, 3.8) is 0 Å². The molecule has 152 valence electrons. The van der Waals surface area contributed by atoms with Crippen molar-refractivity contribution in [3.8, 4) is 17.0 Å². The van der Waals surface area contributed by atoms with Gasteiger partial charge in [-0.3, -0.25) is 4.79 Å². The van der Waals surface area contributed by atoms with E-state index in [0.717, 1.165) is 18.3 Å². The minimum absolute atomic E-state index is 0.387. The molecule has 0 atom stereocenters. The number of amides is 1. The van der Waals surface area contributed by atoms with Crippen LogP contribution in [0.5, 0.6) is 5.75 Å². The lowest BCUT2D eigenvalue weighted by atomic mass is 10.1. The molecule has 2 heterocycles. The van der Waals surface area contributed by atoms with Gasteiger partial charge in [-0.2, -0.15) is 4.39 Å². The number of hydrogen-bond acceptors (Lipinski definition) is 3. The van der Waals surface area contributed by atoms with E-state index in [2.05, 4.69) is 15.0 Å². The first kappa shape index (κ1) is 19.5. The summed E-state index contributed by atoms with van der Waals surface area (Å²) in [5.41, 5.74) is 2.58. The van der Waals surface area contributed by atoms with Crippen molar-refractivity contribution in [1.29, 1.82) is 0 Å². The molecule has 4 rings (SSSR count). The number of ether oxygens (including phenoxy) is 1. The van der Waals surface area contributed by atoms with Crippen LogP contribution in [0, 0.1) is 24.4 Å². The predicted molar refractivity (Wildman–Crippen MR) is 106 cm³/mol. The van der Waals surface area contributed by atoms with Gasteiger partial charge < -0.3 is 14.5 Å². The lowest BCUT2D eigenvalue weighted by Gasteiger charge is -2.12. The summed E-state index contributed by atoms with van der Waals surface area (Å²) < 4.78 is 48.2. The number of methoxy groups -OCH3 is 1. The standard InChI is InChI=1S/C22H16F3N3O2/c1-12-6-7-13(17-11-28-8-4-3-5-18(28)26-17)9-16(12)27-22(29)14-10-15(23)20(25)21(30-2)19(14)24/h3-11H,1-2H3,(H,27,29). The molecule has 0 aliphatic heterocycles. The molecule has 30 heavy (non-hydrogen) atoms. The summed E-state index contributed by atoms with van der Waals surface area (Å²) in [5.74, 6) is -6.02. The van der Waals surface area contributed by atoms with Crippen molar-refractivity contribution in [2.24, 2.45) is 0 Å². The maximum Gasteiger partial charge on any atom is 0.258 e. The van der Waals surface area contributed by atoms with Crippen LogP contribution in [0.15, 0.2) is 54.9 Å². The van der Waals surface area contributed by atoms with Gasteiger partial charge in [-0.15, -0.1) is 0 Å². The number of carbonyl (C=O) groups excluding carboxylic acids is 1. The predicted octanol–water partition coefficient (Wildman–Crippen LogP) is 4.99. The number of nitrogens with one attached hydrogen (secondary N) is 1. The van der Waals surface area contributed by atoms with E-state index >= 15 is 0 Å². The number of hydrogen-bond donors (Lipinski definition) is 1. The largest absolute Gasteiger partial charge is 0.491 e. The number of pyridine rings is 1. The zero-order chi connectivity index (χ0) is 21.4. The third-order valence-corrected chi connectivity index (χ3v) is 4.71. The first-order valence-electron chi connectivity index (χ1n) is 8.96. The topological polar surface area (TPSA) is 55.6 Å². The molecule has 4 aromatic rings. The molecule has 0 bridgehead atoms. The number of aryl methyl sites for hydroxylation is 1. The number of anilines is 1. The Kier molecular flexibility index (Phi) is 4.91. The second-order valence-electron chi connectivity index (χ2n) is 6.64. The molecule has 0 spiro atoms. The van der Waals surface area contributed by atoms with Crippen molar-refractivity contribution >= 4 is 17.2 Å². The molecule has 2 aromatic heterocycles. The van der Waals surface area contributed by atoms with E-state index in [0.29, 0.717) is 23.0 Å². The highest BCUT2D eigenvalue weighted by atomic mass is 19.2. The Morgan fingerprint density at radius 1 is 1.10 bits per heavy atom. The zero-order valence-corrected chi connectivity index (χ0v) is 16.0. The Bertz CT molecular complexity index is 1250. The fraction of sp³-hybridized carbons (Fsp3) is 0.0909. The molecule has 0 saturated carbocycles. The molecule has 1 amide bonds. The molecule has 1 N–H and O–H groups in total. The van der Waals surface area contributed by atoms with Gasteiger partial charge in [0.2, 0.25) is 5.82 Å². The number of imidazole rings is 1. The third-order valence-electron chi connectivity index (χ3n) is 4.71. The van der Waals surface area contributed by atoms with Crippen LogP contribution in [0.4, 0.5) is 18.9 Å². The van der Waals surface area contributed by atoms with Gasteiger partial charge in [-0.25, -0.2) is 13.8 Å². The molecule has 5 nitrogen and oxygen atoms in total. The molecule has 0 aliphatic carbocycles. The fourth-order valence-corrected chi connectivity index (χ4v) is 3.10. The van der Waals surface area contributed by atoms with Crippen LogP contribution in [-0.4, -0.2) is 22.4 Å². The smallest absolute Gasteiger partial charge is 0.258 e. The van der Waals surface area contributed by atoms with Crippen LogP contribution in [0.1, 0.15) is 15.9 Å². The number of halogens is 3. The highest BCUT2D eigenvalue weighted by molar-refractivity contribution is 6.05. The van der Waals surface area contributed by atoms with Crippen LogP contribution < -0.4 is 10.1 Å². The van der Waals surface area contributed by atoms with Crippen LogP contribution in [0.3, 0.4) is 0 Å². The Morgan fingerprint density at radius 3 is 2.63 bits per heavy atom. The van der Waals surface area contributed by atoms with Crippen molar-refractivity contribution in [2.75, 3.05) is 12.4 Å². The lowest BCUT2D eigenvalue weighted by molar-refractivity contribution is 0.102. The van der Waals surface area contributed by atoms with Crippen LogP contribution in [0.2, 0.25) is 0 Å². The summed E-state index contributed by atoms with van der Waals surface area (Å²) in [7, 11) is 0.991. The highest BCUT2D eigenvalue weighted by Gasteiger charge is 2.24. The van der Waals surface area contributed by atoms with Crippen LogP contribution in [-0.2, 0) is 0 Å². The van der Waals surface area contributed by atoms with Gasteiger partial charge in [0.15, 0.2) is 17.4 Å². The van der Waals surface area contributed by atoms with E-state index < -0.39 is 34.7 Å². The number of carbonyl (C=O) groups is 1. The molecule has 2 aromatic carbocycles. The van der Waals surface area contributed by atoms with Crippen molar-refractivity contribution in [2.45, 2.75) is 6.92 Å². The van der Waals surface area contributed by atoms with Gasteiger partial charge in [0.25, 0.3) is 5.91 Å². The maximum atomic E-state index is 14.4. The quantitative estimate of drug-likeness (QED) is 0.482. The first-order valence-corrected chi connectivity index (χ1v) is 8.96. The van der Waals surface area contributed by atoms with Gasteiger partial charge in [0, 0.05) is 23.6 Å². The van der Waals surface area contributed by atoms with E-state index in [1.54, 1.807) is 19.1 Å². The van der Waals surface area contributed by atoms with Crippen molar-refractivity contribution < 1.29 is 22.7 Å². The second kappa shape index (κ2) is 7.55. The summed E-state index contributed by atoms with van der Waals surface area (Å²) in [5, 5.41) is 2.55. The summed E-state index contributed by atoms with van der Waals surface area (Å²) in [6, 6.07) is 11.4. The first-order chi connectivity index (χ1) is 14.4. The molecule has 8 heteroatoms. The maximum absolute atomic E-state index is 14.4. The fourth-order valence-electron chi connectivity index (χ4n) is 3.10. The minimum Gasteiger partial charge on any atom is -0.491 e. The van der Waals surface area contributed by atoms with E-state index in [4.69, 9.17) is 0 Å². The molecule has 0 fully saturated rings. The number of aromatic nitrogens is 2. The summed E-state index contributed by atoms with van der Waals surface area (Å²) in [6.07, 6.45) is 3.70. The molecule has 0 unspecified atom stereocenters. The average Bonchev–Trinajstić information content (AvgIpc) is 3.17.